The van der Waals surface area contributed by atoms with Crippen LogP contribution >= 0.6 is 0 Å². The quantitative estimate of drug-likeness (QED) is 0.551. The first-order chi connectivity index (χ1) is 4.59. The van der Waals surface area contributed by atoms with Crippen molar-refractivity contribution in [3.63, 3.8) is 0 Å². The van der Waals surface area contributed by atoms with Gasteiger partial charge >= 0.3 is 0 Å². The predicted molar refractivity (Wildman–Crippen MR) is 38.3 cm³/mol. The Balaban J connectivity index is 3.71. The highest BCUT2D eigenvalue weighted by molar-refractivity contribution is 5.80. The molecule has 0 aliphatic carbocycles. The van der Waals surface area contributed by atoms with Crippen molar-refractivity contribution in [1.82, 2.24) is 10.4 Å². The Labute approximate surface area is 61.1 Å². The molecule has 0 heterocycles. The Morgan fingerprint density at radius 1 is 1.60 bits per heavy atom. The Hall–Kier alpha value is -0.610. The van der Waals surface area contributed by atoms with E-state index in [0.29, 0.717) is 0 Å². The second-order valence-electron chi connectivity index (χ2n) is 2.28. The van der Waals surface area contributed by atoms with Crippen LogP contribution in [0.25, 0.3) is 0 Å². The summed E-state index contributed by atoms with van der Waals surface area (Å²) in [4.78, 5) is 17.1. The fourth-order valence-corrected chi connectivity index (χ4v) is 0.614. The number of carbonyl (C=O) groups is 1. The molecule has 4 nitrogen and oxygen atoms in total. The van der Waals surface area contributed by atoms with Gasteiger partial charge in [0, 0.05) is 14.1 Å². The topological polar surface area (TPSA) is 41.6 Å². The number of likely N-dealkylation sites (N-methyl/N-ethyl adjacent to an activating group) is 1. The highest BCUT2D eigenvalue weighted by atomic mass is 16.6. The minimum Gasteiger partial charge on any atom is -0.347 e. The molecule has 1 atom stereocenters. The molecule has 1 N–H and O–H groups in total. The molecule has 0 aromatic carbocycles. The largest absolute Gasteiger partial charge is 0.347 e. The number of hydrogen-bond acceptors (Lipinski definition) is 3. The summed E-state index contributed by atoms with van der Waals surface area (Å²) in [6.45, 7) is 1.74. The highest BCUT2D eigenvalue weighted by Crippen LogP contribution is 1.86. The molecule has 1 unspecified atom stereocenters. The Kier molecular flexibility index (Phi) is 3.99. The summed E-state index contributed by atoms with van der Waals surface area (Å²) in [6.07, 6.45) is 0. The van der Waals surface area contributed by atoms with Crippen LogP contribution in [-0.4, -0.2) is 38.1 Å². The Morgan fingerprint density at radius 3 is 2.40 bits per heavy atom. The maximum atomic E-state index is 11.0. The van der Waals surface area contributed by atoms with Crippen LogP contribution in [0, 0.1) is 0 Å². The molecular weight excluding hydrogens is 132 g/mol. The Morgan fingerprint density at radius 2 is 2.10 bits per heavy atom. The van der Waals surface area contributed by atoms with E-state index in [4.69, 9.17) is 0 Å². The van der Waals surface area contributed by atoms with Crippen molar-refractivity contribution in [2.24, 2.45) is 0 Å². The van der Waals surface area contributed by atoms with E-state index < -0.39 is 0 Å². The van der Waals surface area contributed by atoms with E-state index in [9.17, 15) is 4.79 Å². The first-order valence-electron chi connectivity index (χ1n) is 3.09. The van der Waals surface area contributed by atoms with Crippen LogP contribution in [-0.2, 0) is 9.63 Å². The number of nitrogens with one attached hydrogen (secondary N) is 1. The molecule has 0 rings (SSSR count). The SMILES string of the molecule is CONC(C)C(=O)N(C)C. The highest BCUT2D eigenvalue weighted by Gasteiger charge is 2.12. The van der Waals surface area contributed by atoms with Crippen molar-refractivity contribution in [3.05, 3.63) is 0 Å². The van der Waals surface area contributed by atoms with Gasteiger partial charge in [0.2, 0.25) is 5.91 Å². The van der Waals surface area contributed by atoms with E-state index in [1.54, 1.807) is 21.0 Å². The molecular formula is C6H14N2O2. The van der Waals surface area contributed by atoms with Crippen LogP contribution in [0.2, 0.25) is 0 Å². The first-order valence-corrected chi connectivity index (χ1v) is 3.09. The van der Waals surface area contributed by atoms with E-state index in [1.807, 2.05) is 0 Å². The lowest BCUT2D eigenvalue weighted by molar-refractivity contribution is -0.133. The van der Waals surface area contributed by atoms with E-state index in [-0.39, 0.29) is 11.9 Å². The maximum Gasteiger partial charge on any atom is 0.241 e. The molecule has 60 valence electrons. The predicted octanol–water partition coefficient (Wildman–Crippen LogP) is -0.386. The van der Waals surface area contributed by atoms with Gasteiger partial charge < -0.3 is 9.74 Å². The van der Waals surface area contributed by atoms with Crippen molar-refractivity contribution < 1.29 is 9.63 Å². The number of rotatable bonds is 3. The van der Waals surface area contributed by atoms with Crippen molar-refractivity contribution in [1.29, 1.82) is 0 Å². The molecule has 0 saturated carbocycles. The van der Waals surface area contributed by atoms with Crippen LogP contribution in [0.4, 0.5) is 0 Å². The van der Waals surface area contributed by atoms with Crippen molar-refractivity contribution in [2.45, 2.75) is 13.0 Å². The second-order valence-corrected chi connectivity index (χ2v) is 2.28. The van der Waals surface area contributed by atoms with Gasteiger partial charge in [-0.1, -0.05) is 0 Å². The molecule has 0 aliphatic rings. The van der Waals surface area contributed by atoms with E-state index >= 15 is 0 Å². The average Bonchev–Trinajstić information content (AvgIpc) is 1.87. The van der Waals surface area contributed by atoms with E-state index in [2.05, 4.69) is 10.3 Å². The summed E-state index contributed by atoms with van der Waals surface area (Å²) in [5, 5.41) is 0. The fraction of sp³-hybridized carbons (Fsp3) is 0.833. The second kappa shape index (κ2) is 4.24. The van der Waals surface area contributed by atoms with Gasteiger partial charge in [-0.15, -0.1) is 0 Å². The maximum absolute atomic E-state index is 11.0. The van der Waals surface area contributed by atoms with Crippen LogP contribution in [0.3, 0.4) is 0 Å². The molecule has 10 heavy (non-hydrogen) atoms. The molecule has 0 radical (unpaired) electrons. The van der Waals surface area contributed by atoms with Gasteiger partial charge in [0.1, 0.15) is 6.04 Å². The smallest absolute Gasteiger partial charge is 0.241 e. The number of nitrogens with zero attached hydrogens (tertiary/aromatic N) is 1. The van der Waals surface area contributed by atoms with Gasteiger partial charge in [-0.3, -0.25) is 4.79 Å². The van der Waals surface area contributed by atoms with Crippen LogP contribution in [0.15, 0.2) is 0 Å². The third-order valence-corrected chi connectivity index (χ3v) is 1.11. The zero-order valence-electron chi connectivity index (χ0n) is 6.84. The third-order valence-electron chi connectivity index (χ3n) is 1.11. The van der Waals surface area contributed by atoms with Gasteiger partial charge in [0.05, 0.1) is 7.11 Å². The number of carbonyl (C=O) groups excluding carboxylic acids is 1. The molecule has 0 aliphatic heterocycles. The Bertz CT molecular complexity index is 114. The first kappa shape index (κ1) is 9.39. The molecule has 0 saturated heterocycles. The summed E-state index contributed by atoms with van der Waals surface area (Å²) in [6, 6.07) is -0.278. The van der Waals surface area contributed by atoms with Crippen LogP contribution in [0.5, 0.6) is 0 Å². The summed E-state index contributed by atoms with van der Waals surface area (Å²) in [5.74, 6) is 0.00171. The molecule has 1 amide bonds. The van der Waals surface area contributed by atoms with Crippen molar-refractivity contribution in [3.8, 4) is 0 Å². The number of hydroxylamine groups is 1. The van der Waals surface area contributed by atoms with Gasteiger partial charge in [0.15, 0.2) is 0 Å². The molecule has 0 fully saturated rings. The summed E-state index contributed by atoms with van der Waals surface area (Å²) in [7, 11) is 4.89. The van der Waals surface area contributed by atoms with Crippen molar-refractivity contribution >= 4 is 5.91 Å². The number of amides is 1. The van der Waals surface area contributed by atoms with Crippen LogP contribution < -0.4 is 5.48 Å². The van der Waals surface area contributed by atoms with Crippen molar-refractivity contribution in [2.75, 3.05) is 21.2 Å². The fourth-order valence-electron chi connectivity index (χ4n) is 0.614. The summed E-state index contributed by atoms with van der Waals surface area (Å²) in [5.41, 5.74) is 2.54. The zero-order chi connectivity index (χ0) is 8.15. The molecule has 0 bridgehead atoms. The van der Waals surface area contributed by atoms with E-state index in [1.165, 1.54) is 12.0 Å². The standard InChI is InChI=1S/C6H14N2O2/c1-5(7-10-4)6(9)8(2)3/h5,7H,1-4H3. The summed E-state index contributed by atoms with van der Waals surface area (Å²) < 4.78 is 0. The lowest BCUT2D eigenvalue weighted by atomic mass is 10.3. The molecule has 0 spiro atoms. The van der Waals surface area contributed by atoms with Crippen LogP contribution in [0.1, 0.15) is 6.92 Å². The molecule has 0 aromatic heterocycles. The van der Waals surface area contributed by atoms with Gasteiger partial charge in [0.25, 0.3) is 0 Å². The normalized spacial score (nSPS) is 12.8. The third kappa shape index (κ3) is 2.80. The van der Waals surface area contributed by atoms with Gasteiger partial charge in [-0.25, -0.2) is 0 Å². The van der Waals surface area contributed by atoms with Gasteiger partial charge in [-0.05, 0) is 6.92 Å². The summed E-state index contributed by atoms with van der Waals surface area (Å²) >= 11 is 0. The van der Waals surface area contributed by atoms with E-state index in [0.717, 1.165) is 0 Å². The monoisotopic (exact) mass is 146 g/mol. The number of hydrogen-bond donors (Lipinski definition) is 1. The molecule has 0 aromatic rings. The minimum atomic E-state index is -0.278. The molecule has 4 heteroatoms. The minimum absolute atomic E-state index is 0.00171. The average molecular weight is 146 g/mol. The van der Waals surface area contributed by atoms with Gasteiger partial charge in [-0.2, -0.15) is 5.48 Å². The lowest BCUT2D eigenvalue weighted by Crippen LogP contribution is -2.40. The zero-order valence-corrected chi connectivity index (χ0v) is 6.84. The lowest BCUT2D eigenvalue weighted by Gasteiger charge is -2.16.